The molecule has 0 aromatic rings. The number of hydrogen-bond acceptors (Lipinski definition) is 2. The molecule has 0 atom stereocenters. The summed E-state index contributed by atoms with van der Waals surface area (Å²) in [7, 11) is -2.96. The molecule has 1 saturated heterocycles. The van der Waals surface area contributed by atoms with Gasteiger partial charge in [-0.1, -0.05) is 6.92 Å². The van der Waals surface area contributed by atoms with Crippen LogP contribution < -0.4 is 0 Å². The Morgan fingerprint density at radius 1 is 1.31 bits per heavy atom. The van der Waals surface area contributed by atoms with Crippen LogP contribution in [0.3, 0.4) is 0 Å². The zero-order valence-electron chi connectivity index (χ0n) is 8.71. The second-order valence-electron chi connectivity index (χ2n) is 4.26. The van der Waals surface area contributed by atoms with Gasteiger partial charge in [0.15, 0.2) is 0 Å². The highest BCUT2D eigenvalue weighted by Crippen LogP contribution is 2.26. The monoisotopic (exact) mass is 205 g/mol. The van der Waals surface area contributed by atoms with E-state index in [1.165, 1.54) is 0 Å². The molecule has 3 nitrogen and oxygen atoms in total. The SMILES string of the molecule is CCC(C)(C)N1CCCCS1(=O)=O. The molecule has 4 heteroatoms. The molecular formula is C9H19NO2S. The van der Waals surface area contributed by atoms with E-state index < -0.39 is 10.0 Å². The summed E-state index contributed by atoms with van der Waals surface area (Å²) in [5.41, 5.74) is -0.209. The van der Waals surface area contributed by atoms with Crippen molar-refractivity contribution in [3.63, 3.8) is 0 Å². The number of rotatable bonds is 2. The summed E-state index contributed by atoms with van der Waals surface area (Å²) in [5, 5.41) is 0. The maximum Gasteiger partial charge on any atom is 0.214 e. The quantitative estimate of drug-likeness (QED) is 0.686. The fourth-order valence-corrected chi connectivity index (χ4v) is 3.72. The van der Waals surface area contributed by atoms with E-state index in [0.717, 1.165) is 19.3 Å². The van der Waals surface area contributed by atoms with E-state index in [2.05, 4.69) is 0 Å². The Morgan fingerprint density at radius 2 is 1.92 bits per heavy atom. The summed E-state index contributed by atoms with van der Waals surface area (Å²) in [4.78, 5) is 0. The van der Waals surface area contributed by atoms with Gasteiger partial charge in [0.05, 0.1) is 5.75 Å². The Labute approximate surface area is 81.2 Å². The minimum Gasteiger partial charge on any atom is -0.212 e. The Morgan fingerprint density at radius 3 is 2.38 bits per heavy atom. The van der Waals surface area contributed by atoms with Crippen molar-refractivity contribution in [2.45, 2.75) is 45.6 Å². The molecule has 0 spiro atoms. The van der Waals surface area contributed by atoms with Crippen molar-refractivity contribution in [3.8, 4) is 0 Å². The average Bonchev–Trinajstić information content (AvgIpc) is 2.03. The van der Waals surface area contributed by atoms with E-state index in [9.17, 15) is 8.42 Å². The van der Waals surface area contributed by atoms with E-state index >= 15 is 0 Å². The van der Waals surface area contributed by atoms with E-state index in [1.54, 1.807) is 4.31 Å². The smallest absolute Gasteiger partial charge is 0.212 e. The topological polar surface area (TPSA) is 37.4 Å². The minimum absolute atomic E-state index is 0.209. The van der Waals surface area contributed by atoms with Gasteiger partial charge in [0.1, 0.15) is 0 Å². The highest BCUT2D eigenvalue weighted by molar-refractivity contribution is 7.89. The number of nitrogens with zero attached hydrogens (tertiary/aromatic N) is 1. The van der Waals surface area contributed by atoms with Crippen LogP contribution in [0.15, 0.2) is 0 Å². The Balaban J connectivity index is 2.89. The van der Waals surface area contributed by atoms with Crippen LogP contribution in [0.25, 0.3) is 0 Å². The molecule has 1 aliphatic rings. The average molecular weight is 205 g/mol. The van der Waals surface area contributed by atoms with Crippen molar-refractivity contribution in [3.05, 3.63) is 0 Å². The molecule has 78 valence electrons. The fraction of sp³-hybridized carbons (Fsp3) is 1.00. The molecule has 0 aromatic heterocycles. The first-order valence-corrected chi connectivity index (χ1v) is 6.51. The van der Waals surface area contributed by atoms with Crippen molar-refractivity contribution >= 4 is 10.0 Å². The summed E-state index contributed by atoms with van der Waals surface area (Å²) < 4.78 is 25.1. The van der Waals surface area contributed by atoms with E-state index in [1.807, 2.05) is 20.8 Å². The van der Waals surface area contributed by atoms with Crippen molar-refractivity contribution in [2.24, 2.45) is 0 Å². The molecule has 0 saturated carbocycles. The lowest BCUT2D eigenvalue weighted by molar-refractivity contribution is 0.209. The van der Waals surface area contributed by atoms with Crippen LogP contribution in [-0.4, -0.2) is 30.6 Å². The standard InChI is InChI=1S/C9H19NO2S/c1-4-9(2,3)10-7-5-6-8-13(10,11)12/h4-8H2,1-3H3. The molecule has 0 N–H and O–H groups in total. The first-order chi connectivity index (χ1) is 5.90. The molecule has 1 rings (SSSR count). The molecular weight excluding hydrogens is 186 g/mol. The van der Waals surface area contributed by atoms with Crippen molar-refractivity contribution in [1.29, 1.82) is 0 Å². The number of hydrogen-bond donors (Lipinski definition) is 0. The fourth-order valence-electron chi connectivity index (χ4n) is 1.64. The van der Waals surface area contributed by atoms with Gasteiger partial charge in [0.25, 0.3) is 0 Å². The van der Waals surface area contributed by atoms with Crippen LogP contribution in [-0.2, 0) is 10.0 Å². The number of sulfonamides is 1. The van der Waals surface area contributed by atoms with Gasteiger partial charge in [0.2, 0.25) is 10.0 Å². The predicted octanol–water partition coefficient (Wildman–Crippen LogP) is 1.60. The van der Waals surface area contributed by atoms with Crippen molar-refractivity contribution < 1.29 is 8.42 Å². The zero-order valence-corrected chi connectivity index (χ0v) is 9.52. The summed E-state index contributed by atoms with van der Waals surface area (Å²) in [6.07, 6.45) is 2.69. The molecule has 1 heterocycles. The van der Waals surface area contributed by atoms with E-state index in [4.69, 9.17) is 0 Å². The second kappa shape index (κ2) is 3.58. The first-order valence-electron chi connectivity index (χ1n) is 4.91. The van der Waals surface area contributed by atoms with Crippen molar-refractivity contribution in [2.75, 3.05) is 12.3 Å². The van der Waals surface area contributed by atoms with Crippen LogP contribution in [0.1, 0.15) is 40.0 Å². The van der Waals surface area contributed by atoms with Gasteiger partial charge < -0.3 is 0 Å². The van der Waals surface area contributed by atoms with Gasteiger partial charge in [-0.2, -0.15) is 4.31 Å². The summed E-state index contributed by atoms with van der Waals surface area (Å²) >= 11 is 0. The Bertz CT molecular complexity index is 269. The second-order valence-corrected chi connectivity index (χ2v) is 6.27. The summed E-state index contributed by atoms with van der Waals surface area (Å²) in [6, 6.07) is 0. The molecule has 0 bridgehead atoms. The molecule has 0 unspecified atom stereocenters. The minimum atomic E-state index is -2.96. The molecule has 1 aliphatic heterocycles. The van der Waals surface area contributed by atoms with E-state index in [-0.39, 0.29) is 5.54 Å². The summed E-state index contributed by atoms with van der Waals surface area (Å²) in [5.74, 6) is 0.330. The first kappa shape index (κ1) is 11.0. The maximum absolute atomic E-state index is 11.7. The lowest BCUT2D eigenvalue weighted by atomic mass is 10.0. The largest absolute Gasteiger partial charge is 0.214 e. The molecule has 1 fully saturated rings. The van der Waals surface area contributed by atoms with Gasteiger partial charge in [-0.25, -0.2) is 8.42 Å². The van der Waals surface area contributed by atoms with Gasteiger partial charge in [-0.3, -0.25) is 0 Å². The lowest BCUT2D eigenvalue weighted by Crippen LogP contribution is -2.50. The molecule has 0 aliphatic carbocycles. The predicted molar refractivity (Wildman–Crippen MR) is 54.1 cm³/mol. The van der Waals surface area contributed by atoms with E-state index in [0.29, 0.717) is 12.3 Å². The van der Waals surface area contributed by atoms with Crippen LogP contribution in [0.5, 0.6) is 0 Å². The van der Waals surface area contributed by atoms with Crippen LogP contribution in [0, 0.1) is 0 Å². The lowest BCUT2D eigenvalue weighted by Gasteiger charge is -2.39. The zero-order chi connectivity index (χ0) is 10.1. The van der Waals surface area contributed by atoms with Crippen LogP contribution in [0.4, 0.5) is 0 Å². The highest BCUT2D eigenvalue weighted by atomic mass is 32.2. The van der Waals surface area contributed by atoms with Crippen molar-refractivity contribution in [1.82, 2.24) is 4.31 Å². The maximum atomic E-state index is 11.7. The van der Waals surface area contributed by atoms with Crippen LogP contribution >= 0.6 is 0 Å². The van der Waals surface area contributed by atoms with Crippen LogP contribution in [0.2, 0.25) is 0 Å². The highest BCUT2D eigenvalue weighted by Gasteiger charge is 2.36. The molecule has 13 heavy (non-hydrogen) atoms. The third-order valence-corrected chi connectivity index (χ3v) is 5.04. The summed E-state index contributed by atoms with van der Waals surface area (Å²) in [6.45, 7) is 6.72. The third kappa shape index (κ3) is 2.23. The normalized spacial score (nSPS) is 24.5. The molecule has 0 aromatic carbocycles. The van der Waals surface area contributed by atoms with Gasteiger partial charge >= 0.3 is 0 Å². The van der Waals surface area contributed by atoms with Gasteiger partial charge in [0, 0.05) is 12.1 Å². The van der Waals surface area contributed by atoms with Gasteiger partial charge in [-0.05, 0) is 33.1 Å². The molecule has 0 radical (unpaired) electrons. The molecule has 0 amide bonds. The Kier molecular flexibility index (Phi) is 3.02. The third-order valence-electron chi connectivity index (χ3n) is 2.89. The van der Waals surface area contributed by atoms with Gasteiger partial charge in [-0.15, -0.1) is 0 Å². The Hall–Kier alpha value is -0.0900.